The minimum absolute atomic E-state index is 0.342. The molecule has 0 aromatic heterocycles. The molecule has 0 atom stereocenters. The summed E-state index contributed by atoms with van der Waals surface area (Å²) in [4.78, 5) is 15.1. The fourth-order valence-electron chi connectivity index (χ4n) is 1.31. The number of allylic oxidation sites excluding steroid dienone is 3. The van der Waals surface area contributed by atoms with Gasteiger partial charge in [-0.25, -0.2) is 4.79 Å². The predicted molar refractivity (Wildman–Crippen MR) is 74.6 cm³/mol. The van der Waals surface area contributed by atoms with Gasteiger partial charge >= 0.3 is 5.97 Å². The van der Waals surface area contributed by atoms with Crippen LogP contribution in [0.1, 0.15) is 15.9 Å². The van der Waals surface area contributed by atoms with E-state index in [4.69, 9.17) is 0 Å². The highest BCUT2D eigenvalue weighted by molar-refractivity contribution is 5.89. The summed E-state index contributed by atoms with van der Waals surface area (Å²) < 4.78 is 4.62. The summed E-state index contributed by atoms with van der Waals surface area (Å²) in [5.41, 5.74) is 2.21. The molecule has 92 valence electrons. The van der Waals surface area contributed by atoms with Crippen LogP contribution in [-0.4, -0.2) is 19.8 Å². The van der Waals surface area contributed by atoms with Crippen LogP contribution < -0.4 is 0 Å². The Morgan fingerprint density at radius 2 is 2.00 bits per heavy atom. The first-order chi connectivity index (χ1) is 8.71. The van der Waals surface area contributed by atoms with Gasteiger partial charge in [-0.3, -0.25) is 4.99 Å². The van der Waals surface area contributed by atoms with E-state index in [1.165, 1.54) is 7.11 Å². The van der Waals surface area contributed by atoms with Gasteiger partial charge in [0, 0.05) is 0 Å². The summed E-state index contributed by atoms with van der Waals surface area (Å²) in [6, 6.07) is 7.09. The van der Waals surface area contributed by atoms with Crippen LogP contribution in [0.5, 0.6) is 0 Å². The van der Waals surface area contributed by atoms with Gasteiger partial charge in [-0.15, -0.1) is 0 Å². The number of carbonyl (C=O) groups excluding carboxylic acids is 1. The van der Waals surface area contributed by atoms with Crippen molar-refractivity contribution in [2.45, 2.75) is 0 Å². The third kappa shape index (κ3) is 3.87. The second-order valence-corrected chi connectivity index (χ2v) is 3.43. The topological polar surface area (TPSA) is 38.7 Å². The van der Waals surface area contributed by atoms with E-state index >= 15 is 0 Å². The van der Waals surface area contributed by atoms with Crippen LogP contribution in [0.3, 0.4) is 0 Å². The van der Waals surface area contributed by atoms with Gasteiger partial charge in [-0.05, 0) is 36.6 Å². The largest absolute Gasteiger partial charge is 0.465 e. The van der Waals surface area contributed by atoms with E-state index in [-0.39, 0.29) is 5.97 Å². The standard InChI is InChI=1S/C15H15NO2/c1-4-5-14(16-2)11-8-12-6-9-13(10-7-12)15(17)18-3/h4-11H,1-2H2,3H3/b11-8+,14-5-. The first-order valence-electron chi connectivity index (χ1n) is 5.37. The van der Waals surface area contributed by atoms with Crippen molar-refractivity contribution < 1.29 is 9.53 Å². The second-order valence-electron chi connectivity index (χ2n) is 3.43. The lowest BCUT2D eigenvalue weighted by atomic mass is 10.1. The molecule has 1 aromatic carbocycles. The van der Waals surface area contributed by atoms with Gasteiger partial charge in [0.1, 0.15) is 0 Å². The number of rotatable bonds is 5. The van der Waals surface area contributed by atoms with Crippen molar-refractivity contribution in [3.05, 3.63) is 65.9 Å². The van der Waals surface area contributed by atoms with Crippen molar-refractivity contribution in [3.8, 4) is 0 Å². The maximum atomic E-state index is 11.2. The Hall–Kier alpha value is -2.42. The zero-order valence-corrected chi connectivity index (χ0v) is 10.3. The summed E-state index contributed by atoms with van der Waals surface area (Å²) in [7, 11) is 1.36. The molecule has 0 N–H and O–H groups in total. The number of ether oxygens (including phenoxy) is 1. The summed E-state index contributed by atoms with van der Waals surface area (Å²) in [6.07, 6.45) is 7.11. The maximum absolute atomic E-state index is 11.2. The smallest absolute Gasteiger partial charge is 0.337 e. The molecule has 0 fully saturated rings. The van der Waals surface area contributed by atoms with E-state index in [0.29, 0.717) is 5.56 Å². The van der Waals surface area contributed by atoms with Gasteiger partial charge in [0.25, 0.3) is 0 Å². The molecule has 0 bridgehead atoms. The molecule has 3 heteroatoms. The van der Waals surface area contributed by atoms with Gasteiger partial charge in [-0.1, -0.05) is 30.9 Å². The molecule has 0 saturated heterocycles. The lowest BCUT2D eigenvalue weighted by Gasteiger charge is -1.99. The number of aliphatic imine (C=N–C) groups is 1. The SMILES string of the molecule is C=C/C=C(/C=C/c1ccc(C(=O)OC)cc1)N=C. The number of methoxy groups -OCH3 is 1. The third-order valence-electron chi connectivity index (χ3n) is 2.25. The monoisotopic (exact) mass is 241 g/mol. The number of nitrogens with zero attached hydrogens (tertiary/aromatic N) is 1. The van der Waals surface area contributed by atoms with Crippen molar-refractivity contribution >= 4 is 18.8 Å². The van der Waals surface area contributed by atoms with Crippen LogP contribution in [0, 0.1) is 0 Å². The lowest BCUT2D eigenvalue weighted by molar-refractivity contribution is 0.0601. The lowest BCUT2D eigenvalue weighted by Crippen LogP contribution is -2.00. The molecule has 0 spiro atoms. The van der Waals surface area contributed by atoms with Crippen LogP contribution in [-0.2, 0) is 4.74 Å². The average Bonchev–Trinajstić information content (AvgIpc) is 2.43. The first-order valence-corrected chi connectivity index (χ1v) is 5.37. The van der Waals surface area contributed by atoms with Crippen LogP contribution in [0.4, 0.5) is 0 Å². The van der Waals surface area contributed by atoms with E-state index in [1.54, 1.807) is 24.3 Å². The van der Waals surface area contributed by atoms with Crippen molar-refractivity contribution in [3.63, 3.8) is 0 Å². The number of esters is 1. The van der Waals surface area contributed by atoms with E-state index in [1.807, 2.05) is 24.3 Å². The number of hydrogen-bond acceptors (Lipinski definition) is 3. The Labute approximate surface area is 107 Å². The molecular formula is C15H15NO2. The molecule has 0 unspecified atom stereocenters. The Kier molecular flexibility index (Phi) is 5.32. The first kappa shape index (κ1) is 13.6. The highest BCUT2D eigenvalue weighted by Crippen LogP contribution is 2.09. The van der Waals surface area contributed by atoms with E-state index in [0.717, 1.165) is 11.3 Å². The summed E-state index contributed by atoms with van der Waals surface area (Å²) >= 11 is 0. The Bertz CT molecular complexity index is 496. The fraction of sp³-hybridized carbons (Fsp3) is 0.0667. The zero-order valence-electron chi connectivity index (χ0n) is 10.3. The van der Waals surface area contributed by atoms with Crippen LogP contribution in [0.25, 0.3) is 6.08 Å². The molecule has 1 rings (SSSR count). The highest BCUT2D eigenvalue weighted by atomic mass is 16.5. The highest BCUT2D eigenvalue weighted by Gasteiger charge is 2.02. The van der Waals surface area contributed by atoms with Crippen LogP contribution in [0.2, 0.25) is 0 Å². The Morgan fingerprint density at radius 3 is 2.50 bits per heavy atom. The van der Waals surface area contributed by atoms with E-state index in [9.17, 15) is 4.79 Å². The van der Waals surface area contributed by atoms with Crippen molar-refractivity contribution in [2.75, 3.05) is 7.11 Å². The van der Waals surface area contributed by atoms with Gasteiger partial charge in [0.05, 0.1) is 18.4 Å². The molecule has 0 heterocycles. The molecule has 1 aromatic rings. The molecule has 18 heavy (non-hydrogen) atoms. The van der Waals surface area contributed by atoms with Gasteiger partial charge in [-0.2, -0.15) is 0 Å². The minimum Gasteiger partial charge on any atom is -0.465 e. The third-order valence-corrected chi connectivity index (χ3v) is 2.25. The van der Waals surface area contributed by atoms with Gasteiger partial charge in [0.15, 0.2) is 0 Å². The Balaban J connectivity index is 2.83. The summed E-state index contributed by atoms with van der Waals surface area (Å²) in [5.74, 6) is -0.342. The Morgan fingerprint density at radius 1 is 1.33 bits per heavy atom. The average molecular weight is 241 g/mol. The number of benzene rings is 1. The molecule has 0 aliphatic carbocycles. The zero-order chi connectivity index (χ0) is 13.4. The van der Waals surface area contributed by atoms with E-state index in [2.05, 4.69) is 23.0 Å². The molecule has 0 radical (unpaired) electrons. The van der Waals surface area contributed by atoms with E-state index < -0.39 is 0 Å². The molecule has 0 saturated carbocycles. The molecular weight excluding hydrogens is 226 g/mol. The van der Waals surface area contributed by atoms with Gasteiger partial charge in [0.2, 0.25) is 0 Å². The molecule has 3 nitrogen and oxygen atoms in total. The molecule has 0 aliphatic heterocycles. The van der Waals surface area contributed by atoms with Crippen molar-refractivity contribution in [2.24, 2.45) is 4.99 Å². The minimum atomic E-state index is -0.342. The number of carbonyl (C=O) groups is 1. The van der Waals surface area contributed by atoms with Crippen molar-refractivity contribution in [1.82, 2.24) is 0 Å². The van der Waals surface area contributed by atoms with Crippen LogP contribution in [0.15, 0.2) is 59.8 Å². The number of hydrogen-bond donors (Lipinski definition) is 0. The summed E-state index contributed by atoms with van der Waals surface area (Å²) in [5, 5.41) is 0. The molecule has 0 amide bonds. The molecule has 0 aliphatic rings. The van der Waals surface area contributed by atoms with Crippen molar-refractivity contribution in [1.29, 1.82) is 0 Å². The normalized spacial score (nSPS) is 11.3. The fourth-order valence-corrected chi connectivity index (χ4v) is 1.31. The van der Waals surface area contributed by atoms with Crippen LogP contribution >= 0.6 is 0 Å². The second kappa shape index (κ2) is 7.01. The quantitative estimate of drug-likeness (QED) is 0.451. The maximum Gasteiger partial charge on any atom is 0.337 e. The predicted octanol–water partition coefficient (Wildman–Crippen LogP) is 3.26. The van der Waals surface area contributed by atoms with Gasteiger partial charge < -0.3 is 4.74 Å². The summed E-state index contributed by atoms with van der Waals surface area (Å²) in [6.45, 7) is 7.06.